The number of amides is 4. The van der Waals surface area contributed by atoms with Gasteiger partial charge >= 0.3 is 6.03 Å². The van der Waals surface area contributed by atoms with Crippen LogP contribution in [0.25, 0.3) is 0 Å². The van der Waals surface area contributed by atoms with Gasteiger partial charge in [0.15, 0.2) is 0 Å². The first-order valence-corrected chi connectivity index (χ1v) is 6.30. The fourth-order valence-corrected chi connectivity index (χ4v) is 3.02. The van der Waals surface area contributed by atoms with Gasteiger partial charge in [-0.1, -0.05) is 0 Å². The van der Waals surface area contributed by atoms with E-state index in [-0.39, 0.29) is 19.0 Å². The van der Waals surface area contributed by atoms with E-state index in [4.69, 9.17) is 0 Å². The van der Waals surface area contributed by atoms with Gasteiger partial charge in [-0.15, -0.1) is 0 Å². The summed E-state index contributed by atoms with van der Waals surface area (Å²) in [5.41, 5.74) is -1.43. The Morgan fingerprint density at radius 3 is 2.21 bits per heavy atom. The minimum Gasteiger partial charge on any atom is -0.530 e. The SMILES string of the molecule is CC(C)(C)N1C(=O)NC(=O)C12CCN(C(=O)[O-])CC2. The molecule has 0 aromatic carbocycles. The number of rotatable bonds is 0. The van der Waals surface area contributed by atoms with Crippen molar-refractivity contribution in [2.45, 2.75) is 44.7 Å². The van der Waals surface area contributed by atoms with E-state index in [1.54, 1.807) is 4.90 Å². The van der Waals surface area contributed by atoms with Gasteiger partial charge in [-0.05, 0) is 33.6 Å². The minimum atomic E-state index is -1.23. The predicted octanol–water partition coefficient (Wildman–Crippen LogP) is -0.485. The first-order chi connectivity index (χ1) is 8.68. The second kappa shape index (κ2) is 4.11. The smallest absolute Gasteiger partial charge is 0.325 e. The third-order valence-electron chi connectivity index (χ3n) is 3.79. The van der Waals surface area contributed by atoms with Crippen LogP contribution in [-0.4, -0.2) is 52.0 Å². The van der Waals surface area contributed by atoms with Crippen LogP contribution in [0.3, 0.4) is 0 Å². The second-order valence-corrected chi connectivity index (χ2v) is 6.05. The largest absolute Gasteiger partial charge is 0.530 e. The Morgan fingerprint density at radius 1 is 1.26 bits per heavy atom. The molecule has 2 heterocycles. The van der Waals surface area contributed by atoms with Crippen LogP contribution in [0.4, 0.5) is 9.59 Å². The van der Waals surface area contributed by atoms with Crippen LogP contribution in [0.5, 0.6) is 0 Å². The number of nitrogens with one attached hydrogen (secondary N) is 1. The van der Waals surface area contributed by atoms with Gasteiger partial charge in [0.05, 0.1) is 0 Å². The van der Waals surface area contributed by atoms with Gasteiger partial charge < -0.3 is 19.7 Å². The molecule has 19 heavy (non-hydrogen) atoms. The lowest BCUT2D eigenvalue weighted by molar-refractivity contribution is -0.267. The Kier molecular flexibility index (Phi) is 2.95. The average Bonchev–Trinajstić information content (AvgIpc) is 2.50. The molecular formula is C12H18N3O4-. The Hall–Kier alpha value is -1.79. The summed E-state index contributed by atoms with van der Waals surface area (Å²) in [6.07, 6.45) is -0.632. The van der Waals surface area contributed by atoms with Crippen molar-refractivity contribution >= 4 is 18.0 Å². The quantitative estimate of drug-likeness (QED) is 0.600. The summed E-state index contributed by atoms with van der Waals surface area (Å²) in [5.74, 6) is -0.328. The normalized spacial score (nSPS) is 22.9. The first-order valence-electron chi connectivity index (χ1n) is 6.30. The molecule has 0 atom stereocenters. The van der Waals surface area contributed by atoms with Crippen LogP contribution in [0, 0.1) is 0 Å². The Morgan fingerprint density at radius 2 is 1.79 bits per heavy atom. The number of likely N-dealkylation sites (tertiary alicyclic amines) is 1. The maximum absolute atomic E-state index is 12.1. The predicted molar refractivity (Wildman–Crippen MR) is 64.1 cm³/mol. The lowest BCUT2D eigenvalue weighted by Gasteiger charge is -2.47. The molecule has 2 aliphatic heterocycles. The summed E-state index contributed by atoms with van der Waals surface area (Å²) in [6.45, 7) is 5.99. The number of carbonyl (C=O) groups excluding carboxylic acids is 3. The zero-order chi connectivity index (χ0) is 14.4. The molecule has 2 saturated heterocycles. The molecule has 7 nitrogen and oxygen atoms in total. The molecular weight excluding hydrogens is 250 g/mol. The summed E-state index contributed by atoms with van der Waals surface area (Å²) in [5, 5.41) is 13.2. The number of piperidine rings is 1. The molecule has 0 unspecified atom stereocenters. The molecule has 0 saturated carbocycles. The van der Waals surface area contributed by atoms with Gasteiger partial charge in [0.2, 0.25) is 0 Å². The molecule has 0 radical (unpaired) electrons. The Labute approximate surface area is 111 Å². The first kappa shape index (κ1) is 13.6. The molecule has 2 fully saturated rings. The molecule has 0 aromatic rings. The van der Waals surface area contributed by atoms with E-state index >= 15 is 0 Å². The van der Waals surface area contributed by atoms with Gasteiger partial charge in [0.25, 0.3) is 5.91 Å². The van der Waals surface area contributed by atoms with Crippen LogP contribution in [0.1, 0.15) is 33.6 Å². The second-order valence-electron chi connectivity index (χ2n) is 6.05. The molecule has 1 N–H and O–H groups in total. The zero-order valence-electron chi connectivity index (χ0n) is 11.4. The highest BCUT2D eigenvalue weighted by atomic mass is 16.4. The Bertz CT molecular complexity index is 433. The molecule has 0 aliphatic carbocycles. The van der Waals surface area contributed by atoms with Gasteiger partial charge in [-0.25, -0.2) is 4.79 Å². The maximum atomic E-state index is 12.1. The molecule has 2 aliphatic rings. The maximum Gasteiger partial charge on any atom is 0.325 e. The van der Waals surface area contributed by atoms with E-state index in [9.17, 15) is 19.5 Å². The number of carbonyl (C=O) groups is 3. The molecule has 1 spiro atoms. The zero-order valence-corrected chi connectivity index (χ0v) is 11.4. The molecule has 0 bridgehead atoms. The topological polar surface area (TPSA) is 92.8 Å². The number of carboxylic acid groups (broad SMARTS) is 1. The summed E-state index contributed by atoms with van der Waals surface area (Å²) in [7, 11) is 0. The molecule has 106 valence electrons. The average molecular weight is 268 g/mol. The summed E-state index contributed by atoms with van der Waals surface area (Å²) >= 11 is 0. The van der Waals surface area contributed by atoms with Gasteiger partial charge in [0, 0.05) is 18.6 Å². The fourth-order valence-electron chi connectivity index (χ4n) is 3.02. The lowest BCUT2D eigenvalue weighted by atomic mass is 9.83. The summed E-state index contributed by atoms with van der Waals surface area (Å²) in [6, 6.07) is -0.403. The minimum absolute atomic E-state index is 0.204. The van der Waals surface area contributed by atoms with Crippen molar-refractivity contribution in [1.29, 1.82) is 0 Å². The van der Waals surface area contributed by atoms with Crippen molar-refractivity contribution in [3.8, 4) is 0 Å². The van der Waals surface area contributed by atoms with Crippen LogP contribution in [-0.2, 0) is 4.79 Å². The van der Waals surface area contributed by atoms with E-state index in [0.717, 1.165) is 0 Å². The van der Waals surface area contributed by atoms with Crippen LogP contribution in [0.15, 0.2) is 0 Å². The van der Waals surface area contributed by atoms with Gasteiger partial charge in [0.1, 0.15) is 11.6 Å². The van der Waals surface area contributed by atoms with Crippen molar-refractivity contribution < 1.29 is 19.5 Å². The molecule has 7 heteroatoms. The molecule has 4 amide bonds. The van der Waals surface area contributed by atoms with Crippen LogP contribution < -0.4 is 10.4 Å². The summed E-state index contributed by atoms with van der Waals surface area (Å²) < 4.78 is 0. The fraction of sp³-hybridized carbons (Fsp3) is 0.750. The highest BCUT2D eigenvalue weighted by Gasteiger charge is 2.57. The van der Waals surface area contributed by atoms with E-state index in [0.29, 0.717) is 12.8 Å². The van der Waals surface area contributed by atoms with Crippen LogP contribution in [0.2, 0.25) is 0 Å². The van der Waals surface area contributed by atoms with Crippen molar-refractivity contribution in [3.05, 3.63) is 0 Å². The van der Waals surface area contributed by atoms with Crippen molar-refractivity contribution in [2.24, 2.45) is 0 Å². The van der Waals surface area contributed by atoms with Gasteiger partial charge in [-0.2, -0.15) is 0 Å². The van der Waals surface area contributed by atoms with Gasteiger partial charge in [-0.3, -0.25) is 10.1 Å². The summed E-state index contributed by atoms with van der Waals surface area (Å²) in [4.78, 5) is 37.6. The standard InChI is InChI=1S/C12H19N3O4/c1-11(2,3)15-9(17)13-8(16)12(15)4-6-14(7-5-12)10(18)19/h4-7H2,1-3H3,(H,18,19)(H,13,16,17)/p-1. The Balaban J connectivity index is 2.29. The highest BCUT2D eigenvalue weighted by Crippen LogP contribution is 2.37. The number of hydrogen-bond donors (Lipinski definition) is 1. The van der Waals surface area contributed by atoms with Crippen molar-refractivity contribution in [1.82, 2.24) is 15.1 Å². The molecule has 0 aromatic heterocycles. The van der Waals surface area contributed by atoms with E-state index < -0.39 is 23.2 Å². The van der Waals surface area contributed by atoms with E-state index in [1.807, 2.05) is 20.8 Å². The van der Waals surface area contributed by atoms with E-state index in [2.05, 4.69) is 5.32 Å². The monoisotopic (exact) mass is 268 g/mol. The third-order valence-corrected chi connectivity index (χ3v) is 3.79. The number of hydrogen-bond acceptors (Lipinski definition) is 4. The highest BCUT2D eigenvalue weighted by molar-refractivity contribution is 6.07. The number of nitrogens with zero attached hydrogens (tertiary/aromatic N) is 2. The third kappa shape index (κ3) is 2.02. The number of imide groups is 1. The molecule has 2 rings (SSSR count). The van der Waals surface area contributed by atoms with Crippen LogP contribution >= 0.6 is 0 Å². The van der Waals surface area contributed by atoms with Crippen molar-refractivity contribution in [3.63, 3.8) is 0 Å². The lowest BCUT2D eigenvalue weighted by Crippen LogP contribution is -2.62. The number of urea groups is 1. The van der Waals surface area contributed by atoms with Crippen molar-refractivity contribution in [2.75, 3.05) is 13.1 Å². The van der Waals surface area contributed by atoms with E-state index in [1.165, 1.54) is 4.90 Å².